The fraction of sp³-hybridized carbons (Fsp3) is 0.333. The molecule has 0 saturated carbocycles. The van der Waals surface area contributed by atoms with Crippen LogP contribution in [0.15, 0.2) is 29.3 Å². The van der Waals surface area contributed by atoms with E-state index < -0.39 is 0 Å². The van der Waals surface area contributed by atoms with Gasteiger partial charge in [-0.25, -0.2) is 0 Å². The lowest BCUT2D eigenvalue weighted by atomic mass is 9.82. The lowest BCUT2D eigenvalue weighted by Crippen LogP contribution is -2.16. The van der Waals surface area contributed by atoms with Gasteiger partial charge in [0.1, 0.15) is 0 Å². The fourth-order valence-corrected chi connectivity index (χ4v) is 2.22. The van der Waals surface area contributed by atoms with E-state index in [1.165, 1.54) is 5.56 Å². The van der Waals surface area contributed by atoms with E-state index in [0.29, 0.717) is 0 Å². The SMILES string of the molecule is O=C(N=C=S)C1CCCc2ccccc21. The number of hydrogen-bond acceptors (Lipinski definition) is 2. The smallest absolute Gasteiger partial charge is 0.262 e. The second kappa shape index (κ2) is 4.47. The summed E-state index contributed by atoms with van der Waals surface area (Å²) in [7, 11) is 0. The molecule has 76 valence electrons. The molecule has 0 heterocycles. The first-order valence-corrected chi connectivity index (χ1v) is 5.43. The number of benzene rings is 1. The second-order valence-corrected chi connectivity index (χ2v) is 3.87. The number of carbonyl (C=O) groups excluding carboxylic acids is 1. The Kier molecular flexibility index (Phi) is 3.05. The zero-order chi connectivity index (χ0) is 10.7. The Morgan fingerprint density at radius 3 is 3.07 bits per heavy atom. The number of aryl methyl sites for hydroxylation is 1. The van der Waals surface area contributed by atoms with Gasteiger partial charge in [0.15, 0.2) is 0 Å². The highest BCUT2D eigenvalue weighted by Gasteiger charge is 2.25. The third-order valence-electron chi connectivity index (χ3n) is 2.82. The topological polar surface area (TPSA) is 29.4 Å². The van der Waals surface area contributed by atoms with Crippen LogP contribution in [-0.2, 0) is 11.2 Å². The van der Waals surface area contributed by atoms with Crippen molar-refractivity contribution in [1.82, 2.24) is 0 Å². The molecule has 15 heavy (non-hydrogen) atoms. The minimum Gasteiger partial charge on any atom is -0.271 e. The summed E-state index contributed by atoms with van der Waals surface area (Å²) in [5.74, 6) is -0.262. The fourth-order valence-electron chi connectivity index (χ4n) is 2.13. The number of fused-ring (bicyclic) bond motifs is 1. The summed E-state index contributed by atoms with van der Waals surface area (Å²) >= 11 is 4.46. The van der Waals surface area contributed by atoms with Crippen LogP contribution in [-0.4, -0.2) is 11.1 Å². The van der Waals surface area contributed by atoms with Gasteiger partial charge in [0, 0.05) is 0 Å². The van der Waals surface area contributed by atoms with Crippen LogP contribution in [0.2, 0.25) is 0 Å². The maximum Gasteiger partial charge on any atom is 0.262 e. The third-order valence-corrected chi connectivity index (χ3v) is 2.91. The van der Waals surface area contributed by atoms with Gasteiger partial charge >= 0.3 is 0 Å². The molecule has 1 atom stereocenters. The summed E-state index contributed by atoms with van der Waals surface area (Å²) in [6.07, 6.45) is 2.97. The standard InChI is InChI=1S/C12H11NOS/c14-12(13-8-15)11-7-3-5-9-4-1-2-6-10(9)11/h1-2,4,6,11H,3,5,7H2. The monoisotopic (exact) mass is 217 g/mol. The second-order valence-electron chi connectivity index (χ2n) is 3.68. The van der Waals surface area contributed by atoms with E-state index in [-0.39, 0.29) is 11.8 Å². The van der Waals surface area contributed by atoms with Crippen molar-refractivity contribution < 1.29 is 4.79 Å². The highest BCUT2D eigenvalue weighted by Crippen LogP contribution is 2.32. The summed E-state index contributed by atoms with van der Waals surface area (Å²) < 4.78 is 0. The first kappa shape index (κ1) is 10.2. The van der Waals surface area contributed by atoms with E-state index in [2.05, 4.69) is 28.4 Å². The molecule has 1 amide bonds. The van der Waals surface area contributed by atoms with Crippen molar-refractivity contribution in [3.63, 3.8) is 0 Å². The highest BCUT2D eigenvalue weighted by molar-refractivity contribution is 7.78. The van der Waals surface area contributed by atoms with Crippen LogP contribution >= 0.6 is 12.2 Å². The molecule has 2 rings (SSSR count). The van der Waals surface area contributed by atoms with Crippen molar-refractivity contribution in [2.45, 2.75) is 25.2 Å². The normalized spacial score (nSPS) is 18.8. The summed E-state index contributed by atoms with van der Waals surface area (Å²) in [4.78, 5) is 15.2. The number of aliphatic imine (C=N–C) groups is 1. The van der Waals surface area contributed by atoms with Gasteiger partial charge in [0.2, 0.25) is 0 Å². The summed E-state index contributed by atoms with van der Waals surface area (Å²) in [5, 5.41) is 2.15. The lowest BCUT2D eigenvalue weighted by molar-refractivity contribution is -0.119. The van der Waals surface area contributed by atoms with E-state index in [1.807, 2.05) is 18.2 Å². The number of nitrogens with zero attached hydrogens (tertiary/aromatic N) is 1. The number of isothiocyanates is 1. The molecule has 0 saturated heterocycles. The van der Waals surface area contributed by atoms with E-state index in [1.54, 1.807) is 0 Å². The van der Waals surface area contributed by atoms with Crippen molar-refractivity contribution in [2.75, 3.05) is 0 Å². The molecule has 0 N–H and O–H groups in total. The maximum atomic E-state index is 11.7. The Morgan fingerprint density at radius 1 is 1.47 bits per heavy atom. The van der Waals surface area contributed by atoms with Crippen molar-refractivity contribution in [3.05, 3.63) is 35.4 Å². The molecular formula is C12H11NOS. The van der Waals surface area contributed by atoms with Gasteiger partial charge in [0.05, 0.1) is 11.1 Å². The molecule has 0 aliphatic heterocycles. The van der Waals surface area contributed by atoms with Gasteiger partial charge in [-0.3, -0.25) is 4.79 Å². The predicted octanol–water partition coefficient (Wildman–Crippen LogP) is 2.74. The molecule has 1 aromatic rings. The van der Waals surface area contributed by atoms with E-state index in [9.17, 15) is 4.79 Å². The molecule has 1 unspecified atom stereocenters. The molecular weight excluding hydrogens is 206 g/mol. The Bertz CT molecular complexity index is 435. The largest absolute Gasteiger partial charge is 0.271 e. The molecule has 3 heteroatoms. The Balaban J connectivity index is 2.37. The van der Waals surface area contributed by atoms with Crippen LogP contribution in [0.5, 0.6) is 0 Å². The van der Waals surface area contributed by atoms with Crippen LogP contribution in [0.4, 0.5) is 0 Å². The van der Waals surface area contributed by atoms with Gasteiger partial charge in [-0.15, -0.1) is 0 Å². The van der Waals surface area contributed by atoms with E-state index >= 15 is 0 Å². The molecule has 1 aromatic carbocycles. The minimum absolute atomic E-state index is 0.106. The van der Waals surface area contributed by atoms with Crippen molar-refractivity contribution in [1.29, 1.82) is 0 Å². The lowest BCUT2D eigenvalue weighted by Gasteiger charge is -2.22. The molecule has 0 fully saturated rings. The molecule has 2 nitrogen and oxygen atoms in total. The van der Waals surface area contributed by atoms with Crippen LogP contribution in [0, 0.1) is 0 Å². The zero-order valence-corrected chi connectivity index (χ0v) is 9.09. The van der Waals surface area contributed by atoms with Crippen LogP contribution in [0.3, 0.4) is 0 Å². The molecule has 0 radical (unpaired) electrons. The van der Waals surface area contributed by atoms with Gasteiger partial charge in [-0.1, -0.05) is 24.3 Å². The average Bonchev–Trinajstić information content (AvgIpc) is 2.28. The number of rotatable bonds is 1. The Labute approximate surface area is 94.0 Å². The quantitative estimate of drug-likeness (QED) is 0.534. The van der Waals surface area contributed by atoms with Gasteiger partial charge < -0.3 is 0 Å². The zero-order valence-electron chi connectivity index (χ0n) is 8.27. The van der Waals surface area contributed by atoms with Crippen molar-refractivity contribution in [3.8, 4) is 0 Å². The minimum atomic E-state index is -0.155. The highest BCUT2D eigenvalue weighted by atomic mass is 32.1. The molecule has 0 aromatic heterocycles. The maximum absolute atomic E-state index is 11.7. The predicted molar refractivity (Wildman–Crippen MR) is 62.2 cm³/mol. The molecule has 1 aliphatic carbocycles. The number of carbonyl (C=O) groups is 1. The van der Waals surface area contributed by atoms with Gasteiger partial charge in [-0.05, 0) is 42.6 Å². The first-order chi connectivity index (χ1) is 7.33. The number of thiocarbonyl (C=S) groups is 1. The van der Waals surface area contributed by atoms with E-state index in [0.717, 1.165) is 24.8 Å². The van der Waals surface area contributed by atoms with Crippen molar-refractivity contribution >= 4 is 23.3 Å². The van der Waals surface area contributed by atoms with Crippen LogP contribution in [0.1, 0.15) is 29.9 Å². The van der Waals surface area contributed by atoms with Crippen LogP contribution in [0.25, 0.3) is 0 Å². The van der Waals surface area contributed by atoms with Gasteiger partial charge in [-0.2, -0.15) is 4.99 Å². The Hall–Kier alpha value is -1.31. The molecule has 0 bridgehead atoms. The average molecular weight is 217 g/mol. The van der Waals surface area contributed by atoms with Crippen molar-refractivity contribution in [2.24, 2.45) is 4.99 Å². The molecule has 1 aliphatic rings. The number of amides is 1. The van der Waals surface area contributed by atoms with Gasteiger partial charge in [0.25, 0.3) is 5.91 Å². The number of hydrogen-bond donors (Lipinski definition) is 0. The summed E-state index contributed by atoms with van der Waals surface area (Å²) in [5.41, 5.74) is 2.38. The van der Waals surface area contributed by atoms with E-state index in [4.69, 9.17) is 0 Å². The first-order valence-electron chi connectivity index (χ1n) is 5.02. The van der Waals surface area contributed by atoms with Crippen LogP contribution < -0.4 is 0 Å². The summed E-state index contributed by atoms with van der Waals surface area (Å²) in [6.45, 7) is 0. The Morgan fingerprint density at radius 2 is 2.27 bits per heavy atom. The summed E-state index contributed by atoms with van der Waals surface area (Å²) in [6, 6.07) is 8.06. The molecule has 0 spiro atoms. The third kappa shape index (κ3) is 2.04.